The largest absolute Gasteiger partial charge is 0.511 e. The molecule has 1 heterocycles. The van der Waals surface area contributed by atoms with Gasteiger partial charge in [0.25, 0.3) is 0 Å². The van der Waals surface area contributed by atoms with Gasteiger partial charge in [0, 0.05) is 13.5 Å². The van der Waals surface area contributed by atoms with Crippen molar-refractivity contribution in [1.82, 2.24) is 4.72 Å². The van der Waals surface area contributed by atoms with E-state index in [0.717, 1.165) is 11.1 Å². The van der Waals surface area contributed by atoms with Crippen molar-refractivity contribution in [3.05, 3.63) is 83.9 Å². The Morgan fingerprint density at radius 3 is 2.17 bits per heavy atom. The molecule has 14 heteroatoms. The minimum absolute atomic E-state index is 0.136. The van der Waals surface area contributed by atoms with Gasteiger partial charge in [0.15, 0.2) is 11.5 Å². The fourth-order valence-electron chi connectivity index (χ4n) is 3.63. The topological polar surface area (TPSA) is 117 Å². The molecule has 9 nitrogen and oxygen atoms in total. The predicted octanol–water partition coefficient (Wildman–Crippen LogP) is 5.75. The molecule has 0 saturated heterocycles. The Morgan fingerprint density at radius 2 is 1.60 bits per heavy atom. The summed E-state index contributed by atoms with van der Waals surface area (Å²) in [7, 11) is -5.58. The summed E-state index contributed by atoms with van der Waals surface area (Å²) in [5.74, 6) is 0.302. The highest BCUT2D eigenvalue weighted by Gasteiger charge is 2.46. The molecule has 0 bridgehead atoms. The zero-order chi connectivity index (χ0) is 30.9. The number of esters is 2. The van der Waals surface area contributed by atoms with Crippen LogP contribution in [0.2, 0.25) is 0 Å². The molecule has 0 aromatic heterocycles. The number of hydrogen-bond donors (Lipinski definition) is 1. The van der Waals surface area contributed by atoms with Crippen molar-refractivity contribution in [3.8, 4) is 22.6 Å². The molecular weight excluding hydrogens is 647 g/mol. The molecule has 42 heavy (non-hydrogen) atoms. The Hall–Kier alpha value is -3.62. The lowest BCUT2D eigenvalue weighted by molar-refractivity contribution is -0.140. The van der Waals surface area contributed by atoms with E-state index in [1.807, 2.05) is 12.1 Å². The van der Waals surface area contributed by atoms with Gasteiger partial charge in [-0.2, -0.15) is 13.2 Å². The summed E-state index contributed by atoms with van der Waals surface area (Å²) in [6.45, 7) is 3.11. The van der Waals surface area contributed by atoms with E-state index in [4.69, 9.17) is 14.2 Å². The fraction of sp³-hybridized carbons (Fsp3) is 0.286. The molecule has 0 unspecified atom stereocenters. The molecule has 0 saturated carbocycles. The molecule has 3 aromatic rings. The summed E-state index contributed by atoms with van der Waals surface area (Å²) in [6, 6.07) is 20.2. The summed E-state index contributed by atoms with van der Waals surface area (Å²) < 4.78 is 83.4. The van der Waals surface area contributed by atoms with E-state index in [2.05, 4.69) is 20.7 Å². The first-order valence-electron chi connectivity index (χ1n) is 12.4. The molecule has 1 N–H and O–H groups in total. The van der Waals surface area contributed by atoms with Gasteiger partial charge in [-0.15, -0.1) is 0 Å². The summed E-state index contributed by atoms with van der Waals surface area (Å²) in [4.78, 5) is 21.5. The van der Waals surface area contributed by atoms with E-state index in [0.29, 0.717) is 23.7 Å². The minimum Gasteiger partial charge on any atom is -0.466 e. The van der Waals surface area contributed by atoms with Gasteiger partial charge in [-0.3, -0.25) is 4.79 Å². The van der Waals surface area contributed by atoms with E-state index >= 15 is 0 Å². The number of carbonyl (C=O) groups is 2. The molecule has 0 aliphatic carbocycles. The standard InChI is InChI=1S/C24H19BrF3NO6S.C4H8O2/c25-19(13-29-36(31,32)24(26,27)28)22(35-23(30)17-4-2-1-3-5-17)16-8-6-15(7-9-16)18-10-11-20-21(12-18)34-14-33-20;1-3-6-4(2)5/h1-12,19,22,29H,13-14H2;3H2,1-2H3/t19-,22+;/m1./s1. The highest BCUT2D eigenvalue weighted by atomic mass is 79.9. The highest BCUT2D eigenvalue weighted by molar-refractivity contribution is 9.09. The Labute approximate surface area is 249 Å². The Kier molecular flexibility index (Phi) is 11.4. The van der Waals surface area contributed by atoms with Crippen LogP contribution >= 0.6 is 15.9 Å². The van der Waals surface area contributed by atoms with Crippen molar-refractivity contribution in [2.45, 2.75) is 30.3 Å². The van der Waals surface area contributed by atoms with Crippen LogP contribution in [0.5, 0.6) is 11.5 Å². The average molecular weight is 674 g/mol. The molecule has 0 spiro atoms. The van der Waals surface area contributed by atoms with E-state index in [1.54, 1.807) is 55.5 Å². The third-order valence-corrected chi connectivity index (χ3v) is 7.60. The number of hydrogen-bond acceptors (Lipinski definition) is 8. The lowest BCUT2D eigenvalue weighted by Gasteiger charge is -2.24. The number of benzene rings is 3. The molecule has 0 radical (unpaired) electrons. The molecule has 0 amide bonds. The Bertz CT molecular complexity index is 1470. The van der Waals surface area contributed by atoms with Crippen LogP contribution in [-0.4, -0.2) is 50.6 Å². The normalized spacial score (nSPS) is 13.8. The van der Waals surface area contributed by atoms with Gasteiger partial charge in [0.1, 0.15) is 6.10 Å². The number of fused-ring (bicyclic) bond motifs is 1. The average Bonchev–Trinajstić information content (AvgIpc) is 3.43. The minimum atomic E-state index is -5.58. The highest BCUT2D eigenvalue weighted by Crippen LogP contribution is 2.37. The zero-order valence-corrected chi connectivity index (χ0v) is 24.8. The molecule has 1 aliphatic heterocycles. The molecule has 226 valence electrons. The van der Waals surface area contributed by atoms with Crippen molar-refractivity contribution in [3.63, 3.8) is 0 Å². The number of alkyl halides is 4. The predicted molar refractivity (Wildman–Crippen MR) is 151 cm³/mol. The lowest BCUT2D eigenvalue weighted by Crippen LogP contribution is -2.40. The number of nitrogens with one attached hydrogen (secondary N) is 1. The van der Waals surface area contributed by atoms with Gasteiger partial charge in [-0.1, -0.05) is 64.5 Å². The third kappa shape index (κ3) is 8.94. The van der Waals surface area contributed by atoms with Crippen molar-refractivity contribution in [2.75, 3.05) is 19.9 Å². The van der Waals surface area contributed by atoms with E-state index in [1.165, 1.54) is 23.8 Å². The molecular formula is C28H27BrF3NO8S. The number of carbonyl (C=O) groups excluding carboxylic acids is 2. The van der Waals surface area contributed by atoms with Gasteiger partial charge >= 0.3 is 27.5 Å². The fourth-order valence-corrected chi connectivity index (χ4v) is 4.98. The third-order valence-electron chi connectivity index (χ3n) is 5.64. The molecule has 1 aliphatic rings. The van der Waals surface area contributed by atoms with Gasteiger partial charge in [-0.05, 0) is 47.9 Å². The SMILES string of the molecule is CCOC(C)=O.O=C(O[C@@H](c1ccc(-c2ccc3c(c2)OCO3)cc1)[C@H](Br)CNS(=O)(=O)C(F)(F)F)c1ccccc1. The second-order valence-electron chi connectivity index (χ2n) is 8.62. The summed E-state index contributed by atoms with van der Waals surface area (Å²) in [6.07, 6.45) is -1.11. The van der Waals surface area contributed by atoms with Crippen molar-refractivity contribution in [1.29, 1.82) is 0 Å². The first-order valence-corrected chi connectivity index (χ1v) is 14.8. The van der Waals surface area contributed by atoms with Crippen molar-refractivity contribution in [2.24, 2.45) is 0 Å². The zero-order valence-electron chi connectivity index (χ0n) is 22.4. The van der Waals surface area contributed by atoms with E-state index in [-0.39, 0.29) is 18.3 Å². The van der Waals surface area contributed by atoms with Gasteiger partial charge in [-0.25, -0.2) is 17.9 Å². The van der Waals surface area contributed by atoms with Crippen LogP contribution < -0.4 is 14.2 Å². The number of halogens is 4. The maximum Gasteiger partial charge on any atom is 0.511 e. The number of rotatable bonds is 9. The smallest absolute Gasteiger partial charge is 0.466 e. The van der Waals surface area contributed by atoms with Crippen LogP contribution in [-0.2, 0) is 24.3 Å². The lowest BCUT2D eigenvalue weighted by atomic mass is 10.00. The second kappa shape index (κ2) is 14.5. The second-order valence-corrected chi connectivity index (χ2v) is 11.6. The van der Waals surface area contributed by atoms with Gasteiger partial charge in [0.2, 0.25) is 6.79 Å². The van der Waals surface area contributed by atoms with Crippen molar-refractivity contribution >= 4 is 37.9 Å². The van der Waals surface area contributed by atoms with Crippen molar-refractivity contribution < 1.29 is 50.1 Å². The first kappa shape index (κ1) is 32.9. The van der Waals surface area contributed by atoms with Crippen LogP contribution in [0.25, 0.3) is 11.1 Å². The summed E-state index contributed by atoms with van der Waals surface area (Å²) in [5, 5.41) is 0. The monoisotopic (exact) mass is 673 g/mol. The quantitative estimate of drug-likeness (QED) is 0.225. The summed E-state index contributed by atoms with van der Waals surface area (Å²) in [5.41, 5.74) is -3.17. The summed E-state index contributed by atoms with van der Waals surface area (Å²) >= 11 is 3.20. The number of sulfonamides is 1. The van der Waals surface area contributed by atoms with Crippen LogP contribution in [0.3, 0.4) is 0 Å². The van der Waals surface area contributed by atoms with E-state index in [9.17, 15) is 31.2 Å². The Balaban J connectivity index is 0.000000730. The maximum absolute atomic E-state index is 12.8. The van der Waals surface area contributed by atoms with Crippen LogP contribution in [0.4, 0.5) is 13.2 Å². The number of ether oxygens (including phenoxy) is 4. The molecule has 4 rings (SSSR count). The van der Waals surface area contributed by atoms with Crippen LogP contribution in [0, 0.1) is 0 Å². The van der Waals surface area contributed by atoms with Gasteiger partial charge < -0.3 is 18.9 Å². The van der Waals surface area contributed by atoms with E-state index < -0.39 is 39.0 Å². The maximum atomic E-state index is 12.8. The van der Waals surface area contributed by atoms with Gasteiger partial charge in [0.05, 0.1) is 17.0 Å². The van der Waals surface area contributed by atoms with Crippen LogP contribution in [0.15, 0.2) is 72.8 Å². The van der Waals surface area contributed by atoms with Crippen LogP contribution in [0.1, 0.15) is 35.9 Å². The first-order chi connectivity index (χ1) is 19.8. The molecule has 3 aromatic carbocycles. The Morgan fingerprint density at radius 1 is 0.976 bits per heavy atom. The molecule has 2 atom stereocenters. The molecule has 0 fully saturated rings.